The largest absolute Gasteiger partial charge is 0.355 e. The highest BCUT2D eigenvalue weighted by Crippen LogP contribution is 2.21. The monoisotopic (exact) mass is 248 g/mol. The SMILES string of the molecule is CCc1nc(CC)c(C)c(N2CCCNCC2)n1. The van der Waals surface area contributed by atoms with Crippen molar-refractivity contribution in [2.45, 2.75) is 40.0 Å². The maximum Gasteiger partial charge on any atom is 0.135 e. The summed E-state index contributed by atoms with van der Waals surface area (Å²) in [6, 6.07) is 0. The van der Waals surface area contributed by atoms with E-state index in [-0.39, 0.29) is 0 Å². The molecular weight excluding hydrogens is 224 g/mol. The fourth-order valence-corrected chi connectivity index (χ4v) is 2.47. The Balaban J connectivity index is 2.34. The zero-order valence-corrected chi connectivity index (χ0v) is 11.8. The summed E-state index contributed by atoms with van der Waals surface area (Å²) in [6.07, 6.45) is 3.08. The number of hydrogen-bond acceptors (Lipinski definition) is 4. The molecule has 0 aliphatic carbocycles. The molecule has 0 atom stereocenters. The van der Waals surface area contributed by atoms with E-state index in [0.29, 0.717) is 0 Å². The molecule has 18 heavy (non-hydrogen) atoms. The van der Waals surface area contributed by atoms with Crippen LogP contribution in [0.3, 0.4) is 0 Å². The second-order valence-corrected chi connectivity index (χ2v) is 4.83. The van der Waals surface area contributed by atoms with Crippen LogP contribution in [0.4, 0.5) is 5.82 Å². The molecule has 4 heteroatoms. The van der Waals surface area contributed by atoms with Gasteiger partial charge in [0.15, 0.2) is 0 Å². The van der Waals surface area contributed by atoms with Gasteiger partial charge in [0.2, 0.25) is 0 Å². The van der Waals surface area contributed by atoms with Crippen molar-refractivity contribution in [1.82, 2.24) is 15.3 Å². The topological polar surface area (TPSA) is 41.1 Å². The normalized spacial score (nSPS) is 16.7. The molecular formula is C14H24N4. The van der Waals surface area contributed by atoms with Gasteiger partial charge in [-0.1, -0.05) is 13.8 Å². The summed E-state index contributed by atoms with van der Waals surface area (Å²) in [5.74, 6) is 2.13. The van der Waals surface area contributed by atoms with Crippen LogP contribution in [-0.4, -0.2) is 36.1 Å². The molecule has 1 aromatic heterocycles. The van der Waals surface area contributed by atoms with Gasteiger partial charge in [-0.3, -0.25) is 0 Å². The number of hydrogen-bond donors (Lipinski definition) is 1. The molecule has 0 bridgehead atoms. The Morgan fingerprint density at radius 1 is 1.11 bits per heavy atom. The first kappa shape index (κ1) is 13.3. The van der Waals surface area contributed by atoms with Crippen molar-refractivity contribution in [1.29, 1.82) is 0 Å². The second-order valence-electron chi connectivity index (χ2n) is 4.83. The van der Waals surface area contributed by atoms with Crippen LogP contribution in [0.2, 0.25) is 0 Å². The van der Waals surface area contributed by atoms with Gasteiger partial charge < -0.3 is 10.2 Å². The summed E-state index contributed by atoms with van der Waals surface area (Å²) in [5.41, 5.74) is 2.46. The Morgan fingerprint density at radius 2 is 1.94 bits per heavy atom. The summed E-state index contributed by atoms with van der Waals surface area (Å²) < 4.78 is 0. The highest BCUT2D eigenvalue weighted by molar-refractivity contribution is 5.48. The van der Waals surface area contributed by atoms with E-state index in [0.717, 1.165) is 50.7 Å². The van der Waals surface area contributed by atoms with Crippen molar-refractivity contribution in [3.05, 3.63) is 17.1 Å². The van der Waals surface area contributed by atoms with Crippen molar-refractivity contribution in [3.8, 4) is 0 Å². The number of nitrogens with one attached hydrogen (secondary N) is 1. The summed E-state index contributed by atoms with van der Waals surface area (Å²) in [4.78, 5) is 11.8. The van der Waals surface area contributed by atoms with Crippen molar-refractivity contribution < 1.29 is 0 Å². The molecule has 1 N–H and O–H groups in total. The molecule has 0 radical (unpaired) electrons. The maximum absolute atomic E-state index is 4.75. The van der Waals surface area contributed by atoms with E-state index in [9.17, 15) is 0 Å². The van der Waals surface area contributed by atoms with Crippen molar-refractivity contribution >= 4 is 5.82 Å². The molecule has 0 saturated carbocycles. The van der Waals surface area contributed by atoms with Gasteiger partial charge in [-0.25, -0.2) is 9.97 Å². The van der Waals surface area contributed by atoms with Crippen molar-refractivity contribution in [2.75, 3.05) is 31.1 Å². The summed E-state index contributed by atoms with van der Waals surface area (Å²) >= 11 is 0. The molecule has 1 aliphatic rings. The number of aromatic nitrogens is 2. The lowest BCUT2D eigenvalue weighted by Crippen LogP contribution is -2.30. The Hall–Kier alpha value is -1.16. The third-order valence-corrected chi connectivity index (χ3v) is 3.56. The first-order chi connectivity index (χ1) is 8.76. The smallest absolute Gasteiger partial charge is 0.135 e. The molecule has 0 unspecified atom stereocenters. The first-order valence-corrected chi connectivity index (χ1v) is 7.08. The lowest BCUT2D eigenvalue weighted by molar-refractivity contribution is 0.724. The highest BCUT2D eigenvalue weighted by Gasteiger charge is 2.16. The molecule has 2 heterocycles. The minimum absolute atomic E-state index is 0.909. The van der Waals surface area contributed by atoms with Crippen LogP contribution in [0.5, 0.6) is 0 Å². The quantitative estimate of drug-likeness (QED) is 0.884. The Bertz CT molecular complexity index is 395. The summed E-state index contributed by atoms with van der Waals surface area (Å²) in [7, 11) is 0. The van der Waals surface area contributed by atoms with Crippen molar-refractivity contribution in [2.24, 2.45) is 0 Å². The molecule has 100 valence electrons. The van der Waals surface area contributed by atoms with Gasteiger partial charge in [-0.05, 0) is 26.3 Å². The molecule has 0 spiro atoms. The van der Waals surface area contributed by atoms with E-state index < -0.39 is 0 Å². The molecule has 2 rings (SSSR count). The number of anilines is 1. The fourth-order valence-electron chi connectivity index (χ4n) is 2.47. The lowest BCUT2D eigenvalue weighted by Gasteiger charge is -2.24. The molecule has 1 fully saturated rings. The van der Waals surface area contributed by atoms with E-state index >= 15 is 0 Å². The van der Waals surface area contributed by atoms with Crippen LogP contribution < -0.4 is 10.2 Å². The van der Waals surface area contributed by atoms with Gasteiger partial charge in [0.1, 0.15) is 11.6 Å². The third kappa shape index (κ3) is 2.80. The molecule has 1 aromatic rings. The zero-order valence-electron chi connectivity index (χ0n) is 11.8. The van der Waals surface area contributed by atoms with Crippen LogP contribution >= 0.6 is 0 Å². The van der Waals surface area contributed by atoms with Gasteiger partial charge in [0, 0.05) is 37.3 Å². The first-order valence-electron chi connectivity index (χ1n) is 7.08. The number of aryl methyl sites for hydroxylation is 2. The highest BCUT2D eigenvalue weighted by atomic mass is 15.2. The second kappa shape index (κ2) is 6.14. The predicted molar refractivity (Wildman–Crippen MR) is 75.2 cm³/mol. The third-order valence-electron chi connectivity index (χ3n) is 3.56. The molecule has 1 saturated heterocycles. The van der Waals surface area contributed by atoms with E-state index in [4.69, 9.17) is 4.98 Å². The Morgan fingerprint density at radius 3 is 2.67 bits per heavy atom. The van der Waals surface area contributed by atoms with Crippen molar-refractivity contribution in [3.63, 3.8) is 0 Å². The van der Waals surface area contributed by atoms with Gasteiger partial charge in [-0.2, -0.15) is 0 Å². The molecule has 0 aromatic carbocycles. The molecule has 1 aliphatic heterocycles. The van der Waals surface area contributed by atoms with Gasteiger partial charge in [0.25, 0.3) is 0 Å². The summed E-state index contributed by atoms with van der Waals surface area (Å²) in [5, 5.41) is 3.44. The van der Waals surface area contributed by atoms with Crippen LogP contribution in [0, 0.1) is 6.92 Å². The van der Waals surface area contributed by atoms with E-state index in [1.165, 1.54) is 17.7 Å². The standard InChI is InChI=1S/C14H24N4/c1-4-12-11(3)14(17-13(5-2)16-12)18-9-6-7-15-8-10-18/h15H,4-10H2,1-3H3. The van der Waals surface area contributed by atoms with Gasteiger partial charge in [0.05, 0.1) is 0 Å². The minimum Gasteiger partial charge on any atom is -0.355 e. The molecule has 0 amide bonds. The number of rotatable bonds is 3. The number of nitrogens with zero attached hydrogens (tertiary/aromatic N) is 3. The van der Waals surface area contributed by atoms with Crippen LogP contribution in [-0.2, 0) is 12.8 Å². The zero-order chi connectivity index (χ0) is 13.0. The van der Waals surface area contributed by atoms with Gasteiger partial charge in [-0.15, -0.1) is 0 Å². The Kier molecular flexibility index (Phi) is 4.53. The predicted octanol–water partition coefficient (Wildman–Crippen LogP) is 1.71. The lowest BCUT2D eigenvalue weighted by atomic mass is 10.1. The Labute approximate surface area is 110 Å². The van der Waals surface area contributed by atoms with Crippen LogP contribution in [0.15, 0.2) is 0 Å². The fraction of sp³-hybridized carbons (Fsp3) is 0.714. The van der Waals surface area contributed by atoms with Crippen LogP contribution in [0.1, 0.15) is 37.4 Å². The maximum atomic E-state index is 4.75. The average molecular weight is 248 g/mol. The average Bonchev–Trinajstić information content (AvgIpc) is 2.68. The molecule has 4 nitrogen and oxygen atoms in total. The van der Waals surface area contributed by atoms with E-state index in [2.05, 4.69) is 36.0 Å². The van der Waals surface area contributed by atoms with Gasteiger partial charge >= 0.3 is 0 Å². The van der Waals surface area contributed by atoms with E-state index in [1.807, 2.05) is 0 Å². The van der Waals surface area contributed by atoms with E-state index in [1.54, 1.807) is 0 Å². The minimum atomic E-state index is 0.909. The van der Waals surface area contributed by atoms with Crippen LogP contribution in [0.25, 0.3) is 0 Å². The summed E-state index contributed by atoms with van der Waals surface area (Å²) in [6.45, 7) is 10.8.